The Hall–Kier alpha value is -1.01. The molecule has 0 spiro atoms. The van der Waals surface area contributed by atoms with Crippen molar-refractivity contribution in [1.29, 1.82) is 0 Å². The van der Waals surface area contributed by atoms with Gasteiger partial charge in [-0.15, -0.1) is 6.42 Å². The van der Waals surface area contributed by atoms with Gasteiger partial charge in [-0.2, -0.15) is 0 Å². The van der Waals surface area contributed by atoms with E-state index in [9.17, 15) is 4.79 Å². The topological polar surface area (TPSA) is 46.3 Å². The number of nitrogens with two attached hydrogens (primary N) is 1. The van der Waals surface area contributed by atoms with Crippen LogP contribution in [0.1, 0.15) is 47.0 Å². The Morgan fingerprint density at radius 3 is 2.39 bits per heavy atom. The molecular formula is C15H28N2O. The summed E-state index contributed by atoms with van der Waals surface area (Å²) in [4.78, 5) is 13.7. The van der Waals surface area contributed by atoms with Crippen LogP contribution in [0.15, 0.2) is 0 Å². The fourth-order valence-corrected chi connectivity index (χ4v) is 2.15. The molecule has 0 saturated heterocycles. The molecule has 0 aromatic rings. The van der Waals surface area contributed by atoms with Crippen LogP contribution in [0.4, 0.5) is 0 Å². The van der Waals surface area contributed by atoms with E-state index in [1.807, 2.05) is 6.92 Å². The molecular weight excluding hydrogens is 224 g/mol. The van der Waals surface area contributed by atoms with Gasteiger partial charge in [0.1, 0.15) is 0 Å². The number of hydrogen-bond acceptors (Lipinski definition) is 2. The fraction of sp³-hybridized carbons (Fsp3) is 0.800. The predicted molar refractivity (Wildman–Crippen MR) is 76.9 cm³/mol. The molecule has 2 N–H and O–H groups in total. The van der Waals surface area contributed by atoms with E-state index < -0.39 is 0 Å². The van der Waals surface area contributed by atoms with E-state index in [1.165, 1.54) is 0 Å². The maximum atomic E-state index is 12.0. The number of amides is 1. The molecule has 0 fully saturated rings. The second-order valence-corrected chi connectivity index (χ2v) is 5.79. The lowest BCUT2D eigenvalue weighted by atomic mass is 9.76. The van der Waals surface area contributed by atoms with Crippen LogP contribution in [0.3, 0.4) is 0 Å². The lowest BCUT2D eigenvalue weighted by molar-refractivity contribution is -0.130. The maximum absolute atomic E-state index is 12.0. The molecule has 0 heterocycles. The highest BCUT2D eigenvalue weighted by Gasteiger charge is 2.25. The van der Waals surface area contributed by atoms with Gasteiger partial charge in [0.15, 0.2) is 0 Å². The minimum absolute atomic E-state index is 0.154. The summed E-state index contributed by atoms with van der Waals surface area (Å²) in [5.74, 6) is 3.16. The van der Waals surface area contributed by atoms with E-state index >= 15 is 0 Å². The minimum atomic E-state index is 0.154. The quantitative estimate of drug-likeness (QED) is 0.706. The molecule has 0 bridgehead atoms. The summed E-state index contributed by atoms with van der Waals surface area (Å²) in [5, 5.41) is 0. The highest BCUT2D eigenvalue weighted by Crippen LogP contribution is 2.32. The summed E-state index contributed by atoms with van der Waals surface area (Å²) in [7, 11) is 0. The lowest BCUT2D eigenvalue weighted by Gasteiger charge is -2.31. The van der Waals surface area contributed by atoms with E-state index in [0.717, 1.165) is 12.8 Å². The Kier molecular flexibility index (Phi) is 7.70. The monoisotopic (exact) mass is 252 g/mol. The molecule has 0 radical (unpaired) electrons. The smallest absolute Gasteiger partial charge is 0.223 e. The van der Waals surface area contributed by atoms with Crippen molar-refractivity contribution >= 4 is 5.91 Å². The first kappa shape index (κ1) is 17.0. The molecule has 1 atom stereocenters. The number of rotatable bonds is 7. The Morgan fingerprint density at radius 1 is 1.39 bits per heavy atom. The molecule has 0 aliphatic rings. The largest absolute Gasteiger partial charge is 0.332 e. The zero-order chi connectivity index (χ0) is 14.2. The molecule has 18 heavy (non-hydrogen) atoms. The van der Waals surface area contributed by atoms with Gasteiger partial charge in [0.2, 0.25) is 5.91 Å². The fourth-order valence-electron chi connectivity index (χ4n) is 2.15. The van der Waals surface area contributed by atoms with Crippen LogP contribution >= 0.6 is 0 Å². The summed E-state index contributed by atoms with van der Waals surface area (Å²) in [6, 6.07) is 0. The van der Waals surface area contributed by atoms with Crippen LogP contribution in [0.2, 0.25) is 0 Å². The summed E-state index contributed by atoms with van der Waals surface area (Å²) in [6.07, 6.45) is 7.68. The maximum Gasteiger partial charge on any atom is 0.223 e. The number of carbonyl (C=O) groups is 1. The van der Waals surface area contributed by atoms with Gasteiger partial charge >= 0.3 is 0 Å². The van der Waals surface area contributed by atoms with Crippen LogP contribution < -0.4 is 5.73 Å². The van der Waals surface area contributed by atoms with Crippen molar-refractivity contribution in [1.82, 2.24) is 4.90 Å². The Balaban J connectivity index is 4.35. The van der Waals surface area contributed by atoms with Gasteiger partial charge in [-0.25, -0.2) is 0 Å². The molecule has 3 nitrogen and oxygen atoms in total. The normalized spacial score (nSPS) is 12.9. The van der Waals surface area contributed by atoms with Gasteiger partial charge < -0.3 is 10.6 Å². The standard InChI is InChI=1S/C15H28N2O/c1-6-12-17(7-2)14(18)9-8-13(10-11-16)15(3,4)5/h1,13H,7-12,16H2,2-5H3. The predicted octanol–water partition coefficient (Wildman–Crippen LogP) is 2.26. The molecule has 0 rings (SSSR count). The van der Waals surface area contributed by atoms with Gasteiger partial charge in [0.05, 0.1) is 6.54 Å². The second kappa shape index (κ2) is 8.16. The zero-order valence-electron chi connectivity index (χ0n) is 12.3. The first-order valence-corrected chi connectivity index (χ1v) is 6.78. The molecule has 1 unspecified atom stereocenters. The number of terminal acetylenes is 1. The number of nitrogens with zero attached hydrogens (tertiary/aromatic N) is 1. The van der Waals surface area contributed by atoms with Crippen molar-refractivity contribution in [2.45, 2.75) is 47.0 Å². The molecule has 0 saturated carbocycles. The van der Waals surface area contributed by atoms with Crippen LogP contribution in [-0.2, 0) is 4.79 Å². The highest BCUT2D eigenvalue weighted by molar-refractivity contribution is 5.76. The molecule has 0 aliphatic carbocycles. The number of hydrogen-bond donors (Lipinski definition) is 1. The van der Waals surface area contributed by atoms with Gasteiger partial charge in [-0.3, -0.25) is 4.79 Å². The van der Waals surface area contributed by atoms with Crippen LogP contribution in [0.25, 0.3) is 0 Å². The zero-order valence-corrected chi connectivity index (χ0v) is 12.3. The summed E-state index contributed by atoms with van der Waals surface area (Å²) >= 11 is 0. The van der Waals surface area contributed by atoms with Gasteiger partial charge in [-0.05, 0) is 37.6 Å². The molecule has 104 valence electrons. The molecule has 1 amide bonds. The third kappa shape index (κ3) is 6.07. The van der Waals surface area contributed by atoms with Crippen molar-refractivity contribution < 1.29 is 4.79 Å². The van der Waals surface area contributed by atoms with Crippen LogP contribution in [0, 0.1) is 23.7 Å². The van der Waals surface area contributed by atoms with Gasteiger partial charge in [0.25, 0.3) is 0 Å². The Labute approximate surface area is 112 Å². The molecule has 0 aromatic carbocycles. The molecule has 0 aliphatic heterocycles. The van der Waals surface area contributed by atoms with Crippen molar-refractivity contribution in [2.75, 3.05) is 19.6 Å². The van der Waals surface area contributed by atoms with Crippen molar-refractivity contribution in [3.8, 4) is 12.3 Å². The van der Waals surface area contributed by atoms with E-state index in [1.54, 1.807) is 4.90 Å². The lowest BCUT2D eigenvalue weighted by Crippen LogP contribution is -2.32. The summed E-state index contributed by atoms with van der Waals surface area (Å²) in [6.45, 7) is 10.3. The first-order chi connectivity index (χ1) is 8.36. The molecule has 3 heteroatoms. The third-order valence-electron chi connectivity index (χ3n) is 3.46. The summed E-state index contributed by atoms with van der Waals surface area (Å²) in [5.41, 5.74) is 5.84. The van der Waals surface area contributed by atoms with Crippen LogP contribution in [0.5, 0.6) is 0 Å². The minimum Gasteiger partial charge on any atom is -0.332 e. The van der Waals surface area contributed by atoms with E-state index in [-0.39, 0.29) is 11.3 Å². The summed E-state index contributed by atoms with van der Waals surface area (Å²) < 4.78 is 0. The Bertz CT molecular complexity index is 286. The van der Waals surface area contributed by atoms with E-state index in [4.69, 9.17) is 12.2 Å². The van der Waals surface area contributed by atoms with Crippen molar-refractivity contribution in [3.63, 3.8) is 0 Å². The second-order valence-electron chi connectivity index (χ2n) is 5.79. The van der Waals surface area contributed by atoms with E-state index in [2.05, 4.69) is 26.7 Å². The number of carbonyl (C=O) groups excluding carboxylic acids is 1. The van der Waals surface area contributed by atoms with Crippen molar-refractivity contribution in [3.05, 3.63) is 0 Å². The van der Waals surface area contributed by atoms with Crippen LogP contribution in [-0.4, -0.2) is 30.4 Å². The average molecular weight is 252 g/mol. The van der Waals surface area contributed by atoms with Crippen molar-refractivity contribution in [2.24, 2.45) is 17.1 Å². The average Bonchev–Trinajstić information content (AvgIpc) is 2.29. The highest BCUT2D eigenvalue weighted by atomic mass is 16.2. The Morgan fingerprint density at radius 2 is 2.00 bits per heavy atom. The van der Waals surface area contributed by atoms with Gasteiger partial charge in [-0.1, -0.05) is 26.7 Å². The molecule has 0 aromatic heterocycles. The third-order valence-corrected chi connectivity index (χ3v) is 3.46. The first-order valence-electron chi connectivity index (χ1n) is 6.78. The SMILES string of the molecule is C#CCN(CC)C(=O)CCC(CCN)C(C)(C)C. The van der Waals surface area contributed by atoms with Gasteiger partial charge in [0, 0.05) is 13.0 Å². The van der Waals surface area contributed by atoms with E-state index in [0.29, 0.717) is 32.0 Å².